The molecule has 120 valence electrons. The van der Waals surface area contributed by atoms with Crippen LogP contribution in [0.15, 0.2) is 79.0 Å². The third kappa shape index (κ3) is 3.98. The summed E-state index contributed by atoms with van der Waals surface area (Å²) in [6.07, 6.45) is 1.69. The summed E-state index contributed by atoms with van der Waals surface area (Å²) in [6, 6.07) is 22.9. The number of aromatic nitrogens is 1. The summed E-state index contributed by atoms with van der Waals surface area (Å²) >= 11 is 0. The molecule has 4 heteroatoms. The zero-order valence-electron chi connectivity index (χ0n) is 13.5. The number of nitrogens with one attached hydrogen (secondary N) is 1. The Kier molecular flexibility index (Phi) is 4.87. The summed E-state index contributed by atoms with van der Waals surface area (Å²) in [4.78, 5) is 18.7. The van der Waals surface area contributed by atoms with Gasteiger partial charge in [0.15, 0.2) is 0 Å². The number of nitrogens with zero attached hydrogens (tertiary/aromatic N) is 2. The number of amides is 2. The molecule has 3 aromatic rings. The van der Waals surface area contributed by atoms with Gasteiger partial charge in [0.05, 0.1) is 6.54 Å². The van der Waals surface area contributed by atoms with E-state index in [1.165, 1.54) is 0 Å². The number of rotatable bonds is 4. The Bertz CT molecular complexity index is 803. The smallest absolute Gasteiger partial charge is 0.307 e. The largest absolute Gasteiger partial charge is 0.327 e. The maximum atomic E-state index is 12.8. The number of urea groups is 1. The average Bonchev–Trinajstić information content (AvgIpc) is 2.61. The Morgan fingerprint density at radius 1 is 1.00 bits per heavy atom. The molecule has 2 aromatic carbocycles. The maximum Gasteiger partial charge on any atom is 0.327 e. The highest BCUT2D eigenvalue weighted by Crippen LogP contribution is 2.17. The molecule has 1 heterocycles. The molecule has 0 aliphatic carbocycles. The SMILES string of the molecule is Cc1cccc(CN(C(=O)Nc2ccccc2)c2ccccn2)c1. The number of carbonyl (C=O) groups is 1. The molecule has 0 radical (unpaired) electrons. The van der Waals surface area contributed by atoms with Crippen molar-refractivity contribution in [3.63, 3.8) is 0 Å². The lowest BCUT2D eigenvalue weighted by atomic mass is 10.1. The van der Waals surface area contributed by atoms with Crippen molar-refractivity contribution in [1.82, 2.24) is 4.98 Å². The fourth-order valence-corrected chi connectivity index (χ4v) is 2.48. The summed E-state index contributed by atoms with van der Waals surface area (Å²) in [6.45, 7) is 2.50. The molecular weight excluding hydrogens is 298 g/mol. The monoisotopic (exact) mass is 317 g/mol. The summed E-state index contributed by atoms with van der Waals surface area (Å²) < 4.78 is 0. The first-order chi connectivity index (χ1) is 11.7. The lowest BCUT2D eigenvalue weighted by molar-refractivity contribution is 0.256. The average molecular weight is 317 g/mol. The maximum absolute atomic E-state index is 12.8. The van der Waals surface area contributed by atoms with Crippen molar-refractivity contribution < 1.29 is 4.79 Å². The van der Waals surface area contributed by atoms with E-state index >= 15 is 0 Å². The third-order valence-corrected chi connectivity index (χ3v) is 3.62. The molecule has 1 N–H and O–H groups in total. The first-order valence-corrected chi connectivity index (χ1v) is 7.82. The molecule has 0 bridgehead atoms. The second-order valence-electron chi connectivity index (χ2n) is 5.56. The van der Waals surface area contributed by atoms with E-state index in [4.69, 9.17) is 0 Å². The predicted molar refractivity (Wildman–Crippen MR) is 97.1 cm³/mol. The summed E-state index contributed by atoms with van der Waals surface area (Å²) in [5.41, 5.74) is 2.98. The van der Waals surface area contributed by atoms with E-state index in [1.54, 1.807) is 11.1 Å². The van der Waals surface area contributed by atoms with Gasteiger partial charge in [-0.3, -0.25) is 4.90 Å². The zero-order valence-corrected chi connectivity index (χ0v) is 13.5. The highest BCUT2D eigenvalue weighted by Gasteiger charge is 2.17. The number of anilines is 2. The Morgan fingerprint density at radius 2 is 1.79 bits per heavy atom. The van der Waals surface area contributed by atoms with E-state index in [1.807, 2.05) is 73.7 Å². The molecule has 0 saturated heterocycles. The van der Waals surface area contributed by atoms with Crippen LogP contribution in [0.5, 0.6) is 0 Å². The summed E-state index contributed by atoms with van der Waals surface area (Å²) in [5, 5.41) is 2.92. The Balaban J connectivity index is 1.86. The van der Waals surface area contributed by atoms with Gasteiger partial charge in [0, 0.05) is 11.9 Å². The fourth-order valence-electron chi connectivity index (χ4n) is 2.48. The van der Waals surface area contributed by atoms with Crippen LogP contribution in [-0.4, -0.2) is 11.0 Å². The second-order valence-corrected chi connectivity index (χ2v) is 5.56. The van der Waals surface area contributed by atoms with Gasteiger partial charge in [-0.15, -0.1) is 0 Å². The van der Waals surface area contributed by atoms with Crippen molar-refractivity contribution in [2.75, 3.05) is 10.2 Å². The van der Waals surface area contributed by atoms with Gasteiger partial charge in [-0.1, -0.05) is 54.1 Å². The Labute approximate surface area is 141 Å². The standard InChI is InChI=1S/C20H19N3O/c1-16-8-7-9-17(14-16)15-23(19-12-5-6-13-21-19)20(24)22-18-10-3-2-4-11-18/h2-14H,15H2,1H3,(H,22,24). The zero-order chi connectivity index (χ0) is 16.8. The van der Waals surface area contributed by atoms with Gasteiger partial charge < -0.3 is 5.32 Å². The van der Waals surface area contributed by atoms with Crippen LogP contribution in [-0.2, 0) is 6.54 Å². The molecule has 0 fully saturated rings. The van der Waals surface area contributed by atoms with Crippen LogP contribution in [0.25, 0.3) is 0 Å². The molecule has 3 rings (SSSR count). The van der Waals surface area contributed by atoms with Gasteiger partial charge in [-0.05, 0) is 36.8 Å². The van der Waals surface area contributed by atoms with Gasteiger partial charge in [0.25, 0.3) is 0 Å². The number of carbonyl (C=O) groups excluding carboxylic acids is 1. The summed E-state index contributed by atoms with van der Waals surface area (Å²) in [5.74, 6) is 0.618. The number of pyridine rings is 1. The highest BCUT2D eigenvalue weighted by molar-refractivity contribution is 6.01. The first-order valence-electron chi connectivity index (χ1n) is 7.82. The first kappa shape index (κ1) is 15.7. The van der Waals surface area contributed by atoms with E-state index in [0.29, 0.717) is 12.4 Å². The Hall–Kier alpha value is -3.14. The number of hydrogen-bond donors (Lipinski definition) is 1. The van der Waals surface area contributed by atoms with Crippen molar-refractivity contribution in [3.05, 3.63) is 90.1 Å². The summed E-state index contributed by atoms with van der Waals surface area (Å²) in [7, 11) is 0. The van der Waals surface area contributed by atoms with Crippen molar-refractivity contribution in [3.8, 4) is 0 Å². The molecular formula is C20H19N3O. The lowest BCUT2D eigenvalue weighted by Crippen LogP contribution is -2.35. The number of para-hydroxylation sites is 1. The van der Waals surface area contributed by atoms with Gasteiger partial charge in [0.2, 0.25) is 0 Å². The van der Waals surface area contributed by atoms with Crippen LogP contribution < -0.4 is 10.2 Å². The van der Waals surface area contributed by atoms with Crippen molar-refractivity contribution in [1.29, 1.82) is 0 Å². The molecule has 0 aliphatic heterocycles. The van der Waals surface area contributed by atoms with Crippen LogP contribution in [0.2, 0.25) is 0 Å². The third-order valence-electron chi connectivity index (χ3n) is 3.62. The fraction of sp³-hybridized carbons (Fsp3) is 0.100. The van der Waals surface area contributed by atoms with Crippen molar-refractivity contribution in [2.24, 2.45) is 0 Å². The topological polar surface area (TPSA) is 45.2 Å². The van der Waals surface area contributed by atoms with Crippen LogP contribution in [0.1, 0.15) is 11.1 Å². The van der Waals surface area contributed by atoms with Gasteiger partial charge >= 0.3 is 6.03 Å². The predicted octanol–water partition coefficient (Wildman–Crippen LogP) is 4.63. The number of aryl methyl sites for hydroxylation is 1. The second kappa shape index (κ2) is 7.42. The van der Waals surface area contributed by atoms with Gasteiger partial charge in [0.1, 0.15) is 5.82 Å². The quantitative estimate of drug-likeness (QED) is 0.762. The van der Waals surface area contributed by atoms with E-state index in [0.717, 1.165) is 16.8 Å². The van der Waals surface area contributed by atoms with Crippen LogP contribution >= 0.6 is 0 Å². The Morgan fingerprint density at radius 3 is 2.50 bits per heavy atom. The minimum absolute atomic E-state index is 0.207. The molecule has 0 atom stereocenters. The van der Waals surface area contributed by atoms with Crippen LogP contribution in [0, 0.1) is 6.92 Å². The minimum Gasteiger partial charge on any atom is -0.307 e. The van der Waals surface area contributed by atoms with Gasteiger partial charge in [-0.2, -0.15) is 0 Å². The van der Waals surface area contributed by atoms with Crippen LogP contribution in [0.4, 0.5) is 16.3 Å². The molecule has 0 spiro atoms. The van der Waals surface area contributed by atoms with Gasteiger partial charge in [-0.25, -0.2) is 9.78 Å². The highest BCUT2D eigenvalue weighted by atomic mass is 16.2. The van der Waals surface area contributed by atoms with E-state index in [-0.39, 0.29) is 6.03 Å². The molecule has 0 saturated carbocycles. The molecule has 0 aliphatic rings. The minimum atomic E-state index is -0.207. The number of hydrogen-bond acceptors (Lipinski definition) is 2. The molecule has 24 heavy (non-hydrogen) atoms. The van der Waals surface area contributed by atoms with E-state index in [9.17, 15) is 4.79 Å². The molecule has 2 amide bonds. The number of benzene rings is 2. The van der Waals surface area contributed by atoms with E-state index < -0.39 is 0 Å². The molecule has 1 aromatic heterocycles. The molecule has 0 unspecified atom stereocenters. The molecule has 4 nitrogen and oxygen atoms in total. The normalized spacial score (nSPS) is 10.2. The van der Waals surface area contributed by atoms with E-state index in [2.05, 4.69) is 16.4 Å². The van der Waals surface area contributed by atoms with Crippen molar-refractivity contribution >= 4 is 17.5 Å². The van der Waals surface area contributed by atoms with Crippen LogP contribution in [0.3, 0.4) is 0 Å². The van der Waals surface area contributed by atoms with Crippen molar-refractivity contribution in [2.45, 2.75) is 13.5 Å². The lowest BCUT2D eigenvalue weighted by Gasteiger charge is -2.22.